The minimum Gasteiger partial charge on any atom is -0.383 e. The molecule has 0 aromatic heterocycles. The molecule has 0 unspecified atom stereocenters. The van der Waals surface area contributed by atoms with Crippen LogP contribution in [0.2, 0.25) is 0 Å². The van der Waals surface area contributed by atoms with E-state index < -0.39 is 0 Å². The number of hydrogen-bond donors (Lipinski definition) is 2. The highest BCUT2D eigenvalue weighted by Crippen LogP contribution is 2.06. The number of carbonyl (C=O) groups is 2. The first-order valence-electron chi connectivity index (χ1n) is 5.93. The summed E-state index contributed by atoms with van der Waals surface area (Å²) in [5.74, 6) is -0.263. The number of carbonyl (C=O) groups excluding carboxylic acids is 2. The van der Waals surface area contributed by atoms with Crippen LogP contribution in [0.1, 0.15) is 16.8 Å². The predicted molar refractivity (Wildman–Crippen MR) is 81.0 cm³/mol. The second-order valence-corrected chi connectivity index (χ2v) is 5.10. The molecule has 2 N–H and O–H groups in total. The smallest absolute Gasteiger partial charge is 0.251 e. The van der Waals surface area contributed by atoms with Gasteiger partial charge in [-0.25, -0.2) is 0 Å². The summed E-state index contributed by atoms with van der Waals surface area (Å²) in [6.07, 6.45) is 0.264. The van der Waals surface area contributed by atoms with Crippen molar-refractivity contribution in [3.8, 4) is 0 Å². The Labute approximate surface area is 126 Å². The van der Waals surface area contributed by atoms with Gasteiger partial charge in [0, 0.05) is 35.8 Å². The van der Waals surface area contributed by atoms with E-state index in [1.807, 2.05) is 12.1 Å². The summed E-state index contributed by atoms with van der Waals surface area (Å²) in [5, 5.41) is 5.39. The third-order valence-electron chi connectivity index (χ3n) is 2.37. The van der Waals surface area contributed by atoms with E-state index in [9.17, 15) is 9.59 Å². The van der Waals surface area contributed by atoms with Crippen molar-refractivity contribution in [2.75, 3.05) is 26.8 Å². The van der Waals surface area contributed by atoms with Crippen LogP contribution >= 0.6 is 22.6 Å². The molecule has 5 nitrogen and oxygen atoms in total. The number of benzene rings is 1. The van der Waals surface area contributed by atoms with Crippen LogP contribution in [-0.2, 0) is 9.53 Å². The van der Waals surface area contributed by atoms with Gasteiger partial charge >= 0.3 is 0 Å². The monoisotopic (exact) mass is 376 g/mol. The molecule has 6 heteroatoms. The second kappa shape index (κ2) is 8.87. The molecule has 0 aliphatic rings. The molecule has 0 saturated heterocycles. The lowest BCUT2D eigenvalue weighted by Gasteiger charge is -2.06. The van der Waals surface area contributed by atoms with E-state index in [1.165, 1.54) is 0 Å². The molecule has 0 bridgehead atoms. The molecule has 19 heavy (non-hydrogen) atoms. The Bertz CT molecular complexity index is 420. The zero-order valence-corrected chi connectivity index (χ0v) is 12.9. The Morgan fingerprint density at radius 2 is 1.84 bits per heavy atom. The molecule has 2 amide bonds. The highest BCUT2D eigenvalue weighted by atomic mass is 127. The molecule has 104 valence electrons. The van der Waals surface area contributed by atoms with Crippen LogP contribution in [0, 0.1) is 3.57 Å². The summed E-state index contributed by atoms with van der Waals surface area (Å²) in [6.45, 7) is 1.30. The van der Waals surface area contributed by atoms with Gasteiger partial charge < -0.3 is 15.4 Å². The maximum atomic E-state index is 11.7. The minimum absolute atomic E-state index is 0.0973. The molecule has 0 fully saturated rings. The first-order valence-corrected chi connectivity index (χ1v) is 7.00. The molecule has 0 heterocycles. The number of nitrogens with one attached hydrogen (secondary N) is 2. The third kappa shape index (κ3) is 6.53. The third-order valence-corrected chi connectivity index (χ3v) is 3.09. The highest BCUT2D eigenvalue weighted by molar-refractivity contribution is 14.1. The Hall–Kier alpha value is -1.15. The van der Waals surface area contributed by atoms with Gasteiger partial charge in [-0.05, 0) is 46.9 Å². The number of methoxy groups -OCH3 is 1. The van der Waals surface area contributed by atoms with E-state index in [1.54, 1.807) is 19.2 Å². The van der Waals surface area contributed by atoms with Gasteiger partial charge in [-0.3, -0.25) is 9.59 Å². The van der Waals surface area contributed by atoms with Crippen molar-refractivity contribution in [2.24, 2.45) is 0 Å². The van der Waals surface area contributed by atoms with Crippen molar-refractivity contribution in [3.05, 3.63) is 33.4 Å². The summed E-state index contributed by atoms with van der Waals surface area (Å²) in [4.78, 5) is 23.1. The number of hydrogen-bond acceptors (Lipinski definition) is 3. The number of ether oxygens (including phenoxy) is 1. The van der Waals surface area contributed by atoms with Gasteiger partial charge in [0.15, 0.2) is 0 Å². The van der Waals surface area contributed by atoms with Crippen LogP contribution < -0.4 is 10.6 Å². The molecule has 1 rings (SSSR count). The fourth-order valence-corrected chi connectivity index (χ4v) is 1.73. The molecule has 0 spiro atoms. The molecule has 1 aromatic rings. The lowest BCUT2D eigenvalue weighted by Crippen LogP contribution is -2.32. The quantitative estimate of drug-likeness (QED) is 0.555. The average Bonchev–Trinajstić information content (AvgIpc) is 2.39. The number of rotatable bonds is 7. The molecular formula is C13H17IN2O3. The Balaban J connectivity index is 2.23. The molecule has 0 aliphatic carbocycles. The summed E-state index contributed by atoms with van der Waals surface area (Å²) >= 11 is 2.18. The molecule has 0 radical (unpaired) electrons. The largest absolute Gasteiger partial charge is 0.383 e. The lowest BCUT2D eigenvalue weighted by molar-refractivity contribution is -0.121. The van der Waals surface area contributed by atoms with Crippen molar-refractivity contribution in [3.63, 3.8) is 0 Å². The van der Waals surface area contributed by atoms with E-state index in [4.69, 9.17) is 4.74 Å². The van der Waals surface area contributed by atoms with Crippen molar-refractivity contribution >= 4 is 34.4 Å². The van der Waals surface area contributed by atoms with Crippen molar-refractivity contribution in [1.82, 2.24) is 10.6 Å². The maximum absolute atomic E-state index is 11.7. The van der Waals surface area contributed by atoms with E-state index in [-0.39, 0.29) is 18.2 Å². The summed E-state index contributed by atoms with van der Waals surface area (Å²) in [6, 6.07) is 7.26. The van der Waals surface area contributed by atoms with E-state index >= 15 is 0 Å². The van der Waals surface area contributed by atoms with Crippen molar-refractivity contribution in [1.29, 1.82) is 0 Å². The summed E-state index contributed by atoms with van der Waals surface area (Å²) in [7, 11) is 1.58. The van der Waals surface area contributed by atoms with Crippen LogP contribution in [0.5, 0.6) is 0 Å². The van der Waals surface area contributed by atoms with Crippen molar-refractivity contribution in [2.45, 2.75) is 6.42 Å². The van der Waals surface area contributed by atoms with Gasteiger partial charge in [0.05, 0.1) is 6.61 Å². The van der Waals surface area contributed by atoms with E-state index in [0.29, 0.717) is 25.3 Å². The van der Waals surface area contributed by atoms with Crippen LogP contribution in [0.25, 0.3) is 0 Å². The summed E-state index contributed by atoms with van der Waals surface area (Å²) in [5.41, 5.74) is 0.597. The predicted octanol–water partition coefficient (Wildman–Crippen LogP) is 1.17. The Kier molecular flexibility index (Phi) is 7.42. The van der Waals surface area contributed by atoms with Crippen LogP contribution in [-0.4, -0.2) is 38.6 Å². The van der Waals surface area contributed by atoms with Gasteiger partial charge in [-0.1, -0.05) is 0 Å². The molecule has 1 aromatic carbocycles. The van der Waals surface area contributed by atoms with E-state index in [2.05, 4.69) is 33.2 Å². The normalized spacial score (nSPS) is 10.0. The summed E-state index contributed by atoms with van der Waals surface area (Å²) < 4.78 is 5.89. The molecule has 0 aliphatic heterocycles. The van der Waals surface area contributed by atoms with Gasteiger partial charge in [-0.2, -0.15) is 0 Å². The van der Waals surface area contributed by atoms with Crippen molar-refractivity contribution < 1.29 is 14.3 Å². The molecule has 0 saturated carbocycles. The first-order chi connectivity index (χ1) is 9.13. The van der Waals surface area contributed by atoms with Gasteiger partial charge in [-0.15, -0.1) is 0 Å². The van der Waals surface area contributed by atoms with Gasteiger partial charge in [0.1, 0.15) is 0 Å². The minimum atomic E-state index is -0.166. The lowest BCUT2D eigenvalue weighted by atomic mass is 10.2. The highest BCUT2D eigenvalue weighted by Gasteiger charge is 2.06. The topological polar surface area (TPSA) is 67.4 Å². The fourth-order valence-electron chi connectivity index (χ4n) is 1.37. The fraction of sp³-hybridized carbons (Fsp3) is 0.385. The Morgan fingerprint density at radius 1 is 1.16 bits per heavy atom. The van der Waals surface area contributed by atoms with Crippen LogP contribution in [0.3, 0.4) is 0 Å². The maximum Gasteiger partial charge on any atom is 0.251 e. The van der Waals surface area contributed by atoms with Crippen LogP contribution in [0.15, 0.2) is 24.3 Å². The average molecular weight is 376 g/mol. The molecular weight excluding hydrogens is 359 g/mol. The molecule has 0 atom stereocenters. The second-order valence-electron chi connectivity index (χ2n) is 3.86. The van der Waals surface area contributed by atoms with Gasteiger partial charge in [0.2, 0.25) is 5.91 Å². The van der Waals surface area contributed by atoms with Crippen LogP contribution in [0.4, 0.5) is 0 Å². The Morgan fingerprint density at radius 3 is 2.47 bits per heavy atom. The number of halogens is 1. The zero-order valence-electron chi connectivity index (χ0n) is 10.7. The van der Waals surface area contributed by atoms with Gasteiger partial charge in [0.25, 0.3) is 5.91 Å². The number of amides is 2. The zero-order chi connectivity index (χ0) is 14.1. The SMILES string of the molecule is COCCNC(=O)CCNC(=O)c1ccc(I)cc1. The first kappa shape index (κ1) is 15.9. The van der Waals surface area contributed by atoms with E-state index in [0.717, 1.165) is 3.57 Å². The standard InChI is InChI=1S/C13H17IN2O3/c1-19-9-8-15-12(17)6-7-16-13(18)10-2-4-11(14)5-3-10/h2-5H,6-9H2,1H3,(H,15,17)(H,16,18).